The van der Waals surface area contributed by atoms with Crippen molar-refractivity contribution < 1.29 is 24.2 Å². The van der Waals surface area contributed by atoms with Gasteiger partial charge in [-0.05, 0) is 19.2 Å². The monoisotopic (exact) mass is 334 g/mol. The zero-order valence-electron chi connectivity index (χ0n) is 12.5. The zero-order valence-corrected chi connectivity index (χ0v) is 13.3. The highest BCUT2D eigenvalue weighted by Crippen LogP contribution is 2.42. The Hall–Kier alpha value is -2.48. The van der Waals surface area contributed by atoms with Crippen LogP contribution in [0.15, 0.2) is 45.9 Å². The highest BCUT2D eigenvalue weighted by molar-refractivity contribution is 7.98. The van der Waals surface area contributed by atoms with Crippen LogP contribution in [0, 0.1) is 5.21 Å². The molecule has 0 bridgehead atoms. The van der Waals surface area contributed by atoms with E-state index in [4.69, 9.17) is 4.74 Å². The lowest BCUT2D eigenvalue weighted by Crippen LogP contribution is -2.34. The third kappa shape index (κ3) is 2.35. The van der Waals surface area contributed by atoms with Crippen molar-refractivity contribution in [3.8, 4) is 0 Å². The quantitative estimate of drug-likeness (QED) is 0.366. The van der Waals surface area contributed by atoms with Crippen molar-refractivity contribution in [3.05, 3.63) is 51.6 Å². The number of allylic oxidation sites excluding steroid dienone is 1. The van der Waals surface area contributed by atoms with Crippen molar-refractivity contribution in [2.45, 2.75) is 17.9 Å². The Morgan fingerprint density at radius 3 is 2.96 bits per heavy atom. The van der Waals surface area contributed by atoms with Gasteiger partial charge in [0.15, 0.2) is 6.20 Å². The normalized spacial score (nSPS) is 20.3. The number of nitrogens with zero attached hydrogens (tertiary/aromatic N) is 1. The fourth-order valence-corrected chi connectivity index (χ4v) is 3.64. The lowest BCUT2D eigenvalue weighted by atomic mass is 9.81. The molecule has 2 N–H and O–H groups in total. The molecule has 23 heavy (non-hydrogen) atoms. The smallest absolute Gasteiger partial charge is 0.337 e. The first-order valence-corrected chi connectivity index (χ1v) is 8.05. The van der Waals surface area contributed by atoms with E-state index in [9.17, 15) is 19.9 Å². The molecule has 2 aliphatic heterocycles. The van der Waals surface area contributed by atoms with Crippen LogP contribution in [0.2, 0.25) is 0 Å². The summed E-state index contributed by atoms with van der Waals surface area (Å²) in [5, 5.41) is 24.9. The summed E-state index contributed by atoms with van der Waals surface area (Å²) in [6.45, 7) is 1.71. The van der Waals surface area contributed by atoms with E-state index in [0.717, 1.165) is 0 Å². The van der Waals surface area contributed by atoms with Gasteiger partial charge >= 0.3 is 11.9 Å². The highest BCUT2D eigenvalue weighted by Gasteiger charge is 2.43. The number of carbonyl (C=O) groups is 2. The summed E-state index contributed by atoms with van der Waals surface area (Å²) in [5.41, 5.74) is 1.78. The molecular weight excluding hydrogens is 320 g/mol. The highest BCUT2D eigenvalue weighted by atomic mass is 32.2. The molecule has 0 spiro atoms. The molecule has 7 nitrogen and oxygen atoms in total. The van der Waals surface area contributed by atoms with Gasteiger partial charge in [0, 0.05) is 17.3 Å². The first-order valence-electron chi connectivity index (χ1n) is 6.83. The standard InChI is InChI=1S/C15H14N2O5S/c1-7-10(14(18)19)11(12-9(16-7)6-22-15(12)20)8-4-3-5-17(21)13(8)23-2/h3-5,11,16H,6H2,1-2H3,(H,18,19). The topological polar surface area (TPSA) is 103 Å². The minimum absolute atomic E-state index is 0.0455. The molecule has 0 saturated carbocycles. The molecule has 0 fully saturated rings. The molecule has 3 rings (SSSR count). The summed E-state index contributed by atoms with van der Waals surface area (Å²) in [7, 11) is 0. The van der Waals surface area contributed by atoms with Crippen LogP contribution in [0.4, 0.5) is 0 Å². The number of pyridine rings is 1. The van der Waals surface area contributed by atoms with Crippen molar-refractivity contribution in [2.75, 3.05) is 12.9 Å². The molecule has 0 amide bonds. The second kappa shape index (κ2) is 5.62. The molecule has 1 aromatic rings. The van der Waals surface area contributed by atoms with Gasteiger partial charge in [-0.1, -0.05) is 11.8 Å². The fourth-order valence-electron chi connectivity index (χ4n) is 2.98. The maximum Gasteiger partial charge on any atom is 0.337 e. The Labute approximate surface area is 136 Å². The van der Waals surface area contributed by atoms with Crippen molar-refractivity contribution in [3.63, 3.8) is 0 Å². The second-order valence-corrected chi connectivity index (χ2v) is 5.96. The first-order chi connectivity index (χ1) is 11.0. The van der Waals surface area contributed by atoms with E-state index in [1.54, 1.807) is 25.3 Å². The number of nitrogens with one attached hydrogen (secondary N) is 1. The first kappa shape index (κ1) is 15.4. The Morgan fingerprint density at radius 2 is 2.30 bits per heavy atom. The summed E-state index contributed by atoms with van der Waals surface area (Å²) in [6, 6.07) is 3.21. The third-order valence-corrected chi connectivity index (χ3v) is 4.69. The molecule has 1 atom stereocenters. The summed E-state index contributed by atoms with van der Waals surface area (Å²) in [4.78, 5) is 23.9. The number of carboxylic acid groups (broad SMARTS) is 1. The van der Waals surface area contributed by atoms with E-state index in [1.807, 2.05) is 0 Å². The molecule has 3 heterocycles. The Balaban J connectivity index is 2.27. The minimum Gasteiger partial charge on any atom is -0.618 e. The van der Waals surface area contributed by atoms with Gasteiger partial charge in [-0.15, -0.1) is 0 Å². The number of ether oxygens (including phenoxy) is 1. The molecule has 8 heteroatoms. The molecule has 1 unspecified atom stereocenters. The van der Waals surface area contributed by atoms with E-state index in [0.29, 0.717) is 26.7 Å². The predicted molar refractivity (Wildman–Crippen MR) is 81.4 cm³/mol. The number of dihydropyridines is 1. The number of esters is 1. The van der Waals surface area contributed by atoms with E-state index in [-0.39, 0.29) is 17.8 Å². The van der Waals surface area contributed by atoms with Crippen LogP contribution in [0.3, 0.4) is 0 Å². The summed E-state index contributed by atoms with van der Waals surface area (Å²) < 4.78 is 5.72. The molecule has 2 aliphatic rings. The lowest BCUT2D eigenvalue weighted by Gasteiger charge is -2.26. The number of carboxylic acids is 1. The number of rotatable bonds is 3. The number of hydrogen-bond donors (Lipinski definition) is 2. The van der Waals surface area contributed by atoms with Gasteiger partial charge in [-0.2, -0.15) is 4.73 Å². The average molecular weight is 334 g/mol. The number of aliphatic carboxylic acids is 1. The van der Waals surface area contributed by atoms with E-state index in [2.05, 4.69) is 5.32 Å². The molecule has 0 saturated heterocycles. The predicted octanol–water partition coefficient (Wildman–Crippen LogP) is 0.898. The van der Waals surface area contributed by atoms with Crippen LogP contribution in [-0.4, -0.2) is 29.9 Å². The van der Waals surface area contributed by atoms with Gasteiger partial charge in [0.1, 0.15) is 6.61 Å². The molecule has 0 aliphatic carbocycles. The molecule has 0 radical (unpaired) electrons. The van der Waals surface area contributed by atoms with Crippen LogP contribution < -0.4 is 10.0 Å². The largest absolute Gasteiger partial charge is 0.618 e. The van der Waals surface area contributed by atoms with Crippen molar-refractivity contribution in [2.24, 2.45) is 0 Å². The van der Waals surface area contributed by atoms with Crippen LogP contribution in [-0.2, 0) is 14.3 Å². The Morgan fingerprint density at radius 1 is 1.57 bits per heavy atom. The van der Waals surface area contributed by atoms with Crippen LogP contribution in [0.1, 0.15) is 18.4 Å². The van der Waals surface area contributed by atoms with Crippen LogP contribution in [0.5, 0.6) is 0 Å². The van der Waals surface area contributed by atoms with E-state index < -0.39 is 17.9 Å². The maximum absolute atomic E-state index is 12.1. The second-order valence-electron chi connectivity index (χ2n) is 5.17. The number of carbonyl (C=O) groups excluding carboxylic acids is 1. The van der Waals surface area contributed by atoms with Crippen LogP contribution in [0.25, 0.3) is 0 Å². The van der Waals surface area contributed by atoms with Gasteiger partial charge in [0.05, 0.1) is 22.8 Å². The van der Waals surface area contributed by atoms with Gasteiger partial charge in [0.25, 0.3) is 5.03 Å². The van der Waals surface area contributed by atoms with Gasteiger partial charge in [-0.3, -0.25) is 0 Å². The number of thioether (sulfide) groups is 1. The Kier molecular flexibility index (Phi) is 3.77. The number of aromatic nitrogens is 1. The zero-order chi connectivity index (χ0) is 16.7. The SMILES string of the molecule is CSc1c(C2C(C(=O)O)=C(C)NC3=C2C(=O)OC3)ccc[n+]1[O-]. The summed E-state index contributed by atoms with van der Waals surface area (Å²) >= 11 is 1.21. The van der Waals surface area contributed by atoms with E-state index in [1.165, 1.54) is 18.0 Å². The molecule has 120 valence electrons. The molecule has 0 aromatic carbocycles. The number of cyclic esters (lactones) is 1. The van der Waals surface area contributed by atoms with Gasteiger partial charge in [0.2, 0.25) is 0 Å². The van der Waals surface area contributed by atoms with Gasteiger partial charge in [-0.25, -0.2) is 9.59 Å². The van der Waals surface area contributed by atoms with Crippen LogP contribution >= 0.6 is 11.8 Å². The molecular formula is C15H14N2O5S. The summed E-state index contributed by atoms with van der Waals surface area (Å²) in [6.07, 6.45) is 3.07. The number of hydrogen-bond acceptors (Lipinski definition) is 6. The minimum atomic E-state index is -1.14. The average Bonchev–Trinajstić information content (AvgIpc) is 2.86. The van der Waals surface area contributed by atoms with Crippen molar-refractivity contribution >= 4 is 23.7 Å². The Bertz CT molecular complexity index is 782. The molecule has 1 aromatic heterocycles. The lowest BCUT2D eigenvalue weighted by molar-refractivity contribution is -0.646. The van der Waals surface area contributed by atoms with Crippen molar-refractivity contribution in [1.29, 1.82) is 0 Å². The fraction of sp³-hybridized carbons (Fsp3) is 0.267. The van der Waals surface area contributed by atoms with E-state index >= 15 is 0 Å². The van der Waals surface area contributed by atoms with Gasteiger partial charge < -0.3 is 20.4 Å². The maximum atomic E-state index is 12.1. The van der Waals surface area contributed by atoms with Crippen molar-refractivity contribution in [1.82, 2.24) is 5.32 Å². The third-order valence-electron chi connectivity index (χ3n) is 3.89. The summed E-state index contributed by atoms with van der Waals surface area (Å²) in [5.74, 6) is -2.53.